The molecule has 3 rings (SSSR count). The second-order valence-electron chi connectivity index (χ2n) is 5.24. The van der Waals surface area contributed by atoms with Crippen molar-refractivity contribution in [3.63, 3.8) is 0 Å². The summed E-state index contributed by atoms with van der Waals surface area (Å²) in [6.45, 7) is 0. The molecule has 23 heavy (non-hydrogen) atoms. The van der Waals surface area contributed by atoms with Crippen molar-refractivity contribution in [3.05, 3.63) is 53.3 Å². The fourth-order valence-electron chi connectivity index (χ4n) is 1.98. The summed E-state index contributed by atoms with van der Waals surface area (Å²) < 4.78 is 27.0. The van der Waals surface area contributed by atoms with Crippen LogP contribution in [-0.2, 0) is 10.0 Å². The summed E-state index contributed by atoms with van der Waals surface area (Å²) in [5.74, 6) is -0.390. The second-order valence-corrected chi connectivity index (χ2v) is 7.35. The number of carbonyl (C=O) groups is 1. The molecule has 1 aliphatic rings. The van der Waals surface area contributed by atoms with Crippen LogP contribution < -0.4 is 10.0 Å². The Morgan fingerprint density at radius 2 is 2.00 bits per heavy atom. The van der Waals surface area contributed by atoms with Gasteiger partial charge < -0.3 is 5.32 Å². The minimum atomic E-state index is -3.56. The standard InChI is InChI=1S/C15H14ClN3O3S/c16-14-8-10(6-7-17-14)15(20)18-12-2-1-3-13(9-12)23(21,22)19-11-4-5-11/h1-3,6-9,11,19H,4-5H2,(H,18,20). The van der Waals surface area contributed by atoms with E-state index in [1.54, 1.807) is 12.1 Å². The Hall–Kier alpha value is -1.96. The highest BCUT2D eigenvalue weighted by molar-refractivity contribution is 7.89. The summed E-state index contributed by atoms with van der Waals surface area (Å²) in [5, 5.41) is 2.86. The van der Waals surface area contributed by atoms with Gasteiger partial charge in [-0.3, -0.25) is 4.79 Å². The molecule has 1 aromatic carbocycles. The van der Waals surface area contributed by atoms with E-state index < -0.39 is 10.0 Å². The first-order valence-electron chi connectivity index (χ1n) is 6.99. The Labute approximate surface area is 138 Å². The Morgan fingerprint density at radius 1 is 1.22 bits per heavy atom. The number of rotatable bonds is 5. The molecule has 2 N–H and O–H groups in total. The fourth-order valence-corrected chi connectivity index (χ4v) is 3.50. The maximum atomic E-state index is 12.2. The molecule has 1 heterocycles. The van der Waals surface area contributed by atoms with Gasteiger partial charge in [-0.2, -0.15) is 0 Å². The lowest BCUT2D eigenvalue weighted by molar-refractivity contribution is 0.102. The zero-order valence-corrected chi connectivity index (χ0v) is 13.6. The van der Waals surface area contributed by atoms with Crippen LogP contribution in [0.2, 0.25) is 5.15 Å². The molecule has 1 aliphatic carbocycles. The van der Waals surface area contributed by atoms with E-state index >= 15 is 0 Å². The largest absolute Gasteiger partial charge is 0.322 e. The Morgan fingerprint density at radius 3 is 2.70 bits per heavy atom. The van der Waals surface area contributed by atoms with Crippen molar-refractivity contribution in [3.8, 4) is 0 Å². The number of hydrogen-bond acceptors (Lipinski definition) is 4. The molecule has 1 amide bonds. The number of hydrogen-bond donors (Lipinski definition) is 2. The van der Waals surface area contributed by atoms with E-state index in [0.717, 1.165) is 12.8 Å². The Kier molecular flexibility index (Phi) is 4.34. The third kappa shape index (κ3) is 4.07. The molecule has 0 atom stereocenters. The van der Waals surface area contributed by atoms with E-state index in [9.17, 15) is 13.2 Å². The molecule has 2 aromatic rings. The van der Waals surface area contributed by atoms with Crippen LogP contribution in [0.4, 0.5) is 5.69 Å². The zero-order valence-electron chi connectivity index (χ0n) is 12.0. The lowest BCUT2D eigenvalue weighted by Gasteiger charge is -2.09. The SMILES string of the molecule is O=C(Nc1cccc(S(=O)(=O)NC2CC2)c1)c1ccnc(Cl)c1. The first kappa shape index (κ1) is 15.9. The van der Waals surface area contributed by atoms with Crippen molar-refractivity contribution < 1.29 is 13.2 Å². The normalized spacial score (nSPS) is 14.5. The monoisotopic (exact) mass is 351 g/mol. The van der Waals surface area contributed by atoms with Crippen LogP contribution in [0, 0.1) is 0 Å². The topological polar surface area (TPSA) is 88.2 Å². The van der Waals surface area contributed by atoms with Crippen LogP contribution in [0.15, 0.2) is 47.5 Å². The molecular weight excluding hydrogens is 338 g/mol. The predicted molar refractivity (Wildman–Crippen MR) is 87.0 cm³/mol. The Balaban J connectivity index is 1.78. The summed E-state index contributed by atoms with van der Waals surface area (Å²) in [6.07, 6.45) is 3.15. The van der Waals surface area contributed by atoms with Crippen LogP contribution in [0.25, 0.3) is 0 Å². The van der Waals surface area contributed by atoms with Gasteiger partial charge in [-0.05, 0) is 43.2 Å². The zero-order chi connectivity index (χ0) is 16.4. The lowest BCUT2D eigenvalue weighted by atomic mass is 10.2. The quantitative estimate of drug-likeness (QED) is 0.810. The first-order chi connectivity index (χ1) is 10.9. The molecule has 0 aliphatic heterocycles. The molecule has 1 fully saturated rings. The van der Waals surface area contributed by atoms with E-state index in [1.807, 2.05) is 0 Å². The van der Waals surface area contributed by atoms with E-state index in [1.165, 1.54) is 30.5 Å². The van der Waals surface area contributed by atoms with Gasteiger partial charge in [-0.1, -0.05) is 17.7 Å². The second kappa shape index (κ2) is 6.27. The van der Waals surface area contributed by atoms with Crippen LogP contribution >= 0.6 is 11.6 Å². The molecule has 1 aromatic heterocycles. The number of anilines is 1. The number of sulfonamides is 1. The smallest absolute Gasteiger partial charge is 0.255 e. The van der Waals surface area contributed by atoms with Gasteiger partial charge in [0.2, 0.25) is 10.0 Å². The third-order valence-electron chi connectivity index (χ3n) is 3.29. The first-order valence-corrected chi connectivity index (χ1v) is 8.85. The van der Waals surface area contributed by atoms with E-state index in [0.29, 0.717) is 11.3 Å². The number of aromatic nitrogens is 1. The maximum Gasteiger partial charge on any atom is 0.255 e. The van der Waals surface area contributed by atoms with Crippen LogP contribution in [0.5, 0.6) is 0 Å². The highest BCUT2D eigenvalue weighted by atomic mass is 35.5. The summed E-state index contributed by atoms with van der Waals surface area (Å²) in [4.78, 5) is 16.1. The van der Waals surface area contributed by atoms with Gasteiger partial charge in [-0.15, -0.1) is 0 Å². The molecule has 0 saturated heterocycles. The molecule has 0 unspecified atom stereocenters. The molecule has 8 heteroatoms. The lowest BCUT2D eigenvalue weighted by Crippen LogP contribution is -2.25. The fraction of sp³-hybridized carbons (Fsp3) is 0.200. The highest BCUT2D eigenvalue weighted by Crippen LogP contribution is 2.23. The number of nitrogens with zero attached hydrogens (tertiary/aromatic N) is 1. The molecule has 120 valence electrons. The van der Waals surface area contributed by atoms with Gasteiger partial charge in [-0.25, -0.2) is 18.1 Å². The minimum Gasteiger partial charge on any atom is -0.322 e. The van der Waals surface area contributed by atoms with E-state index in [4.69, 9.17) is 11.6 Å². The van der Waals surface area contributed by atoms with Crippen molar-refractivity contribution in [2.75, 3.05) is 5.32 Å². The van der Waals surface area contributed by atoms with Crippen LogP contribution in [-0.4, -0.2) is 25.4 Å². The molecule has 0 spiro atoms. The van der Waals surface area contributed by atoms with Gasteiger partial charge in [0.1, 0.15) is 5.15 Å². The number of carbonyl (C=O) groups excluding carboxylic acids is 1. The van der Waals surface area contributed by atoms with E-state index in [2.05, 4.69) is 15.0 Å². The van der Waals surface area contributed by atoms with Gasteiger partial charge in [0, 0.05) is 23.5 Å². The van der Waals surface area contributed by atoms with Gasteiger partial charge >= 0.3 is 0 Å². The molecule has 0 bridgehead atoms. The highest BCUT2D eigenvalue weighted by Gasteiger charge is 2.28. The summed E-state index contributed by atoms with van der Waals surface area (Å²) >= 11 is 5.75. The molecule has 6 nitrogen and oxygen atoms in total. The number of pyridine rings is 1. The predicted octanol–water partition coefficient (Wildman–Crippen LogP) is 2.43. The van der Waals surface area contributed by atoms with Crippen molar-refractivity contribution in [1.82, 2.24) is 9.71 Å². The molecule has 1 saturated carbocycles. The average molecular weight is 352 g/mol. The summed E-state index contributed by atoms with van der Waals surface area (Å²) in [7, 11) is -3.56. The number of nitrogens with one attached hydrogen (secondary N) is 2. The van der Waals surface area contributed by atoms with Gasteiger partial charge in [0.05, 0.1) is 4.90 Å². The number of amides is 1. The number of benzene rings is 1. The van der Waals surface area contributed by atoms with E-state index in [-0.39, 0.29) is 22.0 Å². The van der Waals surface area contributed by atoms with Gasteiger partial charge in [0.15, 0.2) is 0 Å². The summed E-state index contributed by atoms with van der Waals surface area (Å²) in [6, 6.07) is 9.10. The Bertz CT molecular complexity index is 851. The van der Waals surface area contributed by atoms with Crippen LogP contribution in [0.3, 0.4) is 0 Å². The average Bonchev–Trinajstić information content (AvgIpc) is 3.31. The minimum absolute atomic E-state index is 0.0252. The third-order valence-corrected chi connectivity index (χ3v) is 5.01. The molecule has 0 radical (unpaired) electrons. The van der Waals surface area contributed by atoms with Crippen molar-refractivity contribution in [1.29, 1.82) is 0 Å². The molecular formula is C15H14ClN3O3S. The van der Waals surface area contributed by atoms with Crippen LogP contribution in [0.1, 0.15) is 23.2 Å². The summed E-state index contributed by atoms with van der Waals surface area (Å²) in [5.41, 5.74) is 0.732. The van der Waals surface area contributed by atoms with Crippen molar-refractivity contribution in [2.24, 2.45) is 0 Å². The van der Waals surface area contributed by atoms with Crippen molar-refractivity contribution >= 4 is 33.2 Å². The van der Waals surface area contributed by atoms with Crippen molar-refractivity contribution in [2.45, 2.75) is 23.8 Å². The van der Waals surface area contributed by atoms with Gasteiger partial charge in [0.25, 0.3) is 5.91 Å². The number of halogens is 1. The maximum absolute atomic E-state index is 12.2.